The summed E-state index contributed by atoms with van der Waals surface area (Å²) in [7, 11) is 0. The van der Waals surface area contributed by atoms with E-state index in [9.17, 15) is 19.1 Å². The number of carbonyl (C=O) groups excluding carboxylic acids is 2. The summed E-state index contributed by atoms with van der Waals surface area (Å²) < 4.78 is 26.2. The zero-order valence-electron chi connectivity index (χ0n) is 18.8. The Labute approximate surface area is 192 Å². The van der Waals surface area contributed by atoms with Crippen LogP contribution in [-0.4, -0.2) is 47.6 Å². The minimum atomic E-state index is -1.03. The summed E-state index contributed by atoms with van der Waals surface area (Å²) in [6.07, 6.45) is 1.39. The number of carbonyl (C=O) groups is 2. The second-order valence-corrected chi connectivity index (χ2v) is 8.84. The standard InChI is InChI=1S/C26H28FNO5/c1-16(2)15-33-18-11-9-17(10-12-18)24(29)22-23(20-7-3-4-8-21(20)27)28(26(31)25(22)30)14-19-6-5-13-32-19/h3-4,7-12,16,19,23,29H,5-6,13-15H2,1-2H3/b24-22-. The fourth-order valence-corrected chi connectivity index (χ4v) is 4.22. The molecule has 1 N–H and O–H groups in total. The van der Waals surface area contributed by atoms with E-state index in [4.69, 9.17) is 9.47 Å². The van der Waals surface area contributed by atoms with Crippen molar-refractivity contribution >= 4 is 17.4 Å². The molecule has 2 heterocycles. The predicted octanol–water partition coefficient (Wildman–Crippen LogP) is 4.46. The molecule has 0 radical (unpaired) electrons. The lowest BCUT2D eigenvalue weighted by atomic mass is 9.94. The molecule has 2 aliphatic heterocycles. The van der Waals surface area contributed by atoms with Crippen LogP contribution in [0.3, 0.4) is 0 Å². The number of likely N-dealkylation sites (tertiary alicyclic amines) is 1. The van der Waals surface area contributed by atoms with E-state index < -0.39 is 23.5 Å². The number of hydrogen-bond donors (Lipinski definition) is 1. The van der Waals surface area contributed by atoms with E-state index in [1.54, 1.807) is 36.4 Å². The predicted molar refractivity (Wildman–Crippen MR) is 121 cm³/mol. The fourth-order valence-electron chi connectivity index (χ4n) is 4.22. The molecule has 2 unspecified atom stereocenters. The Bertz CT molecular complexity index is 1060. The Hall–Kier alpha value is -3.19. The van der Waals surface area contributed by atoms with E-state index in [-0.39, 0.29) is 29.5 Å². The van der Waals surface area contributed by atoms with Crippen LogP contribution in [0.1, 0.15) is 43.9 Å². The van der Waals surface area contributed by atoms with E-state index >= 15 is 0 Å². The van der Waals surface area contributed by atoms with Gasteiger partial charge in [-0.2, -0.15) is 0 Å². The van der Waals surface area contributed by atoms with Gasteiger partial charge in [0.25, 0.3) is 11.7 Å². The third-order valence-electron chi connectivity index (χ3n) is 5.88. The van der Waals surface area contributed by atoms with Gasteiger partial charge in [0.15, 0.2) is 0 Å². The van der Waals surface area contributed by atoms with Crippen LogP contribution in [0.5, 0.6) is 5.75 Å². The first-order valence-electron chi connectivity index (χ1n) is 11.2. The van der Waals surface area contributed by atoms with Crippen molar-refractivity contribution in [1.82, 2.24) is 4.90 Å². The van der Waals surface area contributed by atoms with Gasteiger partial charge in [0, 0.05) is 24.3 Å². The van der Waals surface area contributed by atoms with Crippen LogP contribution < -0.4 is 4.74 Å². The molecule has 2 aromatic rings. The molecule has 0 spiro atoms. The average molecular weight is 454 g/mol. The zero-order valence-corrected chi connectivity index (χ0v) is 18.8. The lowest BCUT2D eigenvalue weighted by Gasteiger charge is -2.27. The minimum Gasteiger partial charge on any atom is -0.507 e. The van der Waals surface area contributed by atoms with E-state index in [0.717, 1.165) is 12.8 Å². The number of benzene rings is 2. The van der Waals surface area contributed by atoms with Crippen LogP contribution in [0.2, 0.25) is 0 Å². The number of hydrogen-bond acceptors (Lipinski definition) is 5. The molecule has 6 nitrogen and oxygen atoms in total. The number of rotatable bonds is 7. The molecule has 2 saturated heterocycles. The molecule has 1 amide bonds. The van der Waals surface area contributed by atoms with Gasteiger partial charge in [-0.1, -0.05) is 32.0 Å². The summed E-state index contributed by atoms with van der Waals surface area (Å²) in [6, 6.07) is 11.6. The maximum absolute atomic E-state index is 14.8. The normalized spacial score (nSPS) is 22.4. The summed E-state index contributed by atoms with van der Waals surface area (Å²) in [5.41, 5.74) is 0.385. The zero-order chi connectivity index (χ0) is 23.5. The molecular formula is C26H28FNO5. The van der Waals surface area contributed by atoms with Crippen LogP contribution >= 0.6 is 0 Å². The first-order valence-corrected chi connectivity index (χ1v) is 11.2. The van der Waals surface area contributed by atoms with Gasteiger partial charge in [0.1, 0.15) is 17.3 Å². The molecule has 7 heteroatoms. The number of aliphatic hydroxyl groups excluding tert-OH is 1. The largest absolute Gasteiger partial charge is 0.507 e. The quantitative estimate of drug-likeness (QED) is 0.381. The SMILES string of the molecule is CC(C)COc1ccc(/C(O)=C2/C(=O)C(=O)N(CC3CCCO3)C2c2ccccc2F)cc1. The van der Waals surface area contributed by atoms with Gasteiger partial charge in [-0.25, -0.2) is 4.39 Å². The molecule has 0 aromatic heterocycles. The van der Waals surface area contributed by atoms with E-state index in [0.29, 0.717) is 30.4 Å². The first kappa shape index (κ1) is 23.0. The van der Waals surface area contributed by atoms with Crippen molar-refractivity contribution in [3.05, 3.63) is 71.0 Å². The van der Waals surface area contributed by atoms with Crippen molar-refractivity contribution in [1.29, 1.82) is 0 Å². The van der Waals surface area contributed by atoms with Gasteiger partial charge >= 0.3 is 0 Å². The second kappa shape index (κ2) is 9.75. The van der Waals surface area contributed by atoms with Crippen molar-refractivity contribution in [3.8, 4) is 5.75 Å². The van der Waals surface area contributed by atoms with Crippen molar-refractivity contribution < 1.29 is 28.6 Å². The van der Waals surface area contributed by atoms with Gasteiger partial charge in [-0.3, -0.25) is 9.59 Å². The number of Topliss-reactive ketones (excluding diaryl/α,β-unsaturated/α-hetero) is 1. The Morgan fingerprint density at radius 1 is 1.18 bits per heavy atom. The Balaban J connectivity index is 1.73. The summed E-state index contributed by atoms with van der Waals surface area (Å²) in [6.45, 7) is 5.37. The lowest BCUT2D eigenvalue weighted by molar-refractivity contribution is -0.140. The van der Waals surface area contributed by atoms with Crippen molar-refractivity contribution in [3.63, 3.8) is 0 Å². The van der Waals surface area contributed by atoms with Crippen LogP contribution in [-0.2, 0) is 14.3 Å². The highest BCUT2D eigenvalue weighted by atomic mass is 19.1. The molecule has 0 aliphatic carbocycles. The Morgan fingerprint density at radius 2 is 1.91 bits per heavy atom. The van der Waals surface area contributed by atoms with Gasteiger partial charge in [-0.05, 0) is 49.1 Å². The molecule has 0 bridgehead atoms. The smallest absolute Gasteiger partial charge is 0.295 e. The maximum atomic E-state index is 14.8. The summed E-state index contributed by atoms with van der Waals surface area (Å²) in [4.78, 5) is 27.3. The van der Waals surface area contributed by atoms with E-state index in [1.807, 2.05) is 13.8 Å². The second-order valence-electron chi connectivity index (χ2n) is 8.84. The Kier molecular flexibility index (Phi) is 6.79. The number of aliphatic hydroxyl groups is 1. The van der Waals surface area contributed by atoms with Crippen molar-refractivity contribution in [2.75, 3.05) is 19.8 Å². The van der Waals surface area contributed by atoms with Crippen molar-refractivity contribution in [2.24, 2.45) is 5.92 Å². The summed E-state index contributed by atoms with van der Waals surface area (Å²) >= 11 is 0. The number of ketones is 1. The van der Waals surface area contributed by atoms with Gasteiger partial charge in [-0.15, -0.1) is 0 Å². The van der Waals surface area contributed by atoms with Crippen LogP contribution in [0.4, 0.5) is 4.39 Å². The monoisotopic (exact) mass is 453 g/mol. The third kappa shape index (κ3) is 4.78. The molecule has 2 fully saturated rings. The maximum Gasteiger partial charge on any atom is 0.295 e. The number of amides is 1. The highest BCUT2D eigenvalue weighted by Crippen LogP contribution is 2.41. The highest BCUT2D eigenvalue weighted by Gasteiger charge is 2.47. The van der Waals surface area contributed by atoms with Crippen molar-refractivity contribution in [2.45, 2.75) is 38.8 Å². The first-order chi connectivity index (χ1) is 15.9. The van der Waals surface area contributed by atoms with Crippen LogP contribution in [0.15, 0.2) is 54.1 Å². The van der Waals surface area contributed by atoms with Crippen LogP contribution in [0, 0.1) is 11.7 Å². The Morgan fingerprint density at radius 3 is 2.55 bits per heavy atom. The molecule has 174 valence electrons. The summed E-state index contributed by atoms with van der Waals surface area (Å²) in [5, 5.41) is 11.1. The van der Waals surface area contributed by atoms with Gasteiger partial charge in [0.05, 0.1) is 24.3 Å². The molecule has 4 rings (SSSR count). The minimum absolute atomic E-state index is 0.126. The molecule has 0 saturated carbocycles. The topological polar surface area (TPSA) is 76.1 Å². The molecule has 2 atom stereocenters. The molecule has 2 aliphatic rings. The van der Waals surface area contributed by atoms with Crippen LogP contribution in [0.25, 0.3) is 5.76 Å². The highest BCUT2D eigenvalue weighted by molar-refractivity contribution is 6.46. The lowest BCUT2D eigenvalue weighted by Crippen LogP contribution is -2.36. The van der Waals surface area contributed by atoms with Gasteiger partial charge < -0.3 is 19.5 Å². The van der Waals surface area contributed by atoms with E-state index in [1.165, 1.54) is 17.0 Å². The number of halogens is 1. The van der Waals surface area contributed by atoms with Gasteiger partial charge in [0.2, 0.25) is 0 Å². The number of ether oxygens (including phenoxy) is 2. The summed E-state index contributed by atoms with van der Waals surface area (Å²) in [5.74, 6) is -1.50. The molecule has 33 heavy (non-hydrogen) atoms. The third-order valence-corrected chi connectivity index (χ3v) is 5.88. The fraction of sp³-hybridized carbons (Fsp3) is 0.385. The molecular weight excluding hydrogens is 425 g/mol. The number of nitrogens with zero attached hydrogens (tertiary/aromatic N) is 1. The van der Waals surface area contributed by atoms with E-state index in [2.05, 4.69) is 0 Å². The molecule has 2 aromatic carbocycles. The average Bonchev–Trinajstić information content (AvgIpc) is 3.40.